The molecule has 0 aliphatic carbocycles. The van der Waals surface area contributed by atoms with Crippen LogP contribution in [0, 0.1) is 5.92 Å². The van der Waals surface area contributed by atoms with Crippen LogP contribution in [0.1, 0.15) is 71.3 Å². The van der Waals surface area contributed by atoms with Crippen LogP contribution < -0.4 is 0 Å². The standard InChI is InChI=1S/C23H34O6/c1-23(2,3)29-20(24)14-10-6-9-13-19(15-21(25)27-4)16-22(26)28-17-18-11-7-5-8-12-18/h5,7-8,11-12,19H,6,9-10,13-17H2,1-4H3/t19-/m0/s1. The van der Waals surface area contributed by atoms with Gasteiger partial charge in [0.1, 0.15) is 12.2 Å². The maximum Gasteiger partial charge on any atom is 0.306 e. The number of unbranched alkanes of at least 4 members (excludes halogenated alkanes) is 2. The molecule has 162 valence electrons. The molecule has 1 aromatic rings. The molecule has 0 heterocycles. The lowest BCUT2D eigenvalue weighted by Crippen LogP contribution is -2.23. The van der Waals surface area contributed by atoms with Gasteiger partial charge in [-0.05, 0) is 45.1 Å². The highest BCUT2D eigenvalue weighted by atomic mass is 16.6. The van der Waals surface area contributed by atoms with Crippen molar-refractivity contribution in [3.05, 3.63) is 35.9 Å². The molecule has 0 aliphatic heterocycles. The molecule has 1 atom stereocenters. The van der Waals surface area contributed by atoms with Gasteiger partial charge in [0.25, 0.3) is 0 Å². The summed E-state index contributed by atoms with van der Waals surface area (Å²) in [6, 6.07) is 9.47. The number of hydrogen-bond donors (Lipinski definition) is 0. The van der Waals surface area contributed by atoms with Gasteiger partial charge in [-0.1, -0.05) is 43.2 Å². The predicted molar refractivity (Wildman–Crippen MR) is 110 cm³/mol. The van der Waals surface area contributed by atoms with Crippen molar-refractivity contribution in [1.29, 1.82) is 0 Å². The molecule has 0 fully saturated rings. The highest BCUT2D eigenvalue weighted by Gasteiger charge is 2.19. The van der Waals surface area contributed by atoms with E-state index in [0.29, 0.717) is 12.8 Å². The predicted octanol–water partition coefficient (Wildman–Crippen LogP) is 4.59. The van der Waals surface area contributed by atoms with Gasteiger partial charge < -0.3 is 14.2 Å². The van der Waals surface area contributed by atoms with Crippen molar-refractivity contribution in [3.63, 3.8) is 0 Å². The highest BCUT2D eigenvalue weighted by Crippen LogP contribution is 2.20. The topological polar surface area (TPSA) is 78.9 Å². The third-order valence-electron chi connectivity index (χ3n) is 4.29. The van der Waals surface area contributed by atoms with Gasteiger partial charge in [-0.3, -0.25) is 14.4 Å². The van der Waals surface area contributed by atoms with Gasteiger partial charge in [0.15, 0.2) is 0 Å². The second-order valence-corrected chi connectivity index (χ2v) is 8.18. The lowest BCUT2D eigenvalue weighted by atomic mass is 9.94. The fourth-order valence-corrected chi connectivity index (χ4v) is 2.90. The SMILES string of the molecule is COC(=O)C[C@H](CCCCCC(=O)OC(C)(C)C)CC(=O)OCc1ccccc1. The summed E-state index contributed by atoms with van der Waals surface area (Å²) in [6.07, 6.45) is 3.80. The number of rotatable bonds is 12. The molecule has 0 spiro atoms. The smallest absolute Gasteiger partial charge is 0.306 e. The van der Waals surface area contributed by atoms with E-state index in [4.69, 9.17) is 14.2 Å². The summed E-state index contributed by atoms with van der Waals surface area (Å²) in [4.78, 5) is 35.6. The van der Waals surface area contributed by atoms with E-state index in [1.165, 1.54) is 7.11 Å². The first-order valence-corrected chi connectivity index (χ1v) is 10.2. The molecule has 0 bridgehead atoms. The maximum atomic E-state index is 12.2. The Hall–Kier alpha value is -2.37. The third-order valence-corrected chi connectivity index (χ3v) is 4.29. The summed E-state index contributed by atoms with van der Waals surface area (Å²) in [5, 5.41) is 0. The average Bonchev–Trinajstić information content (AvgIpc) is 2.65. The van der Waals surface area contributed by atoms with Crippen LogP contribution in [0.25, 0.3) is 0 Å². The van der Waals surface area contributed by atoms with Crippen LogP contribution in [-0.2, 0) is 35.2 Å². The van der Waals surface area contributed by atoms with Crippen molar-refractivity contribution >= 4 is 17.9 Å². The second kappa shape index (κ2) is 13.0. The Bertz CT molecular complexity index is 633. The summed E-state index contributed by atoms with van der Waals surface area (Å²) in [7, 11) is 1.34. The van der Waals surface area contributed by atoms with Crippen LogP contribution in [-0.4, -0.2) is 30.6 Å². The molecule has 0 aliphatic rings. The Balaban J connectivity index is 2.36. The number of benzene rings is 1. The van der Waals surface area contributed by atoms with Crippen LogP contribution in [0.4, 0.5) is 0 Å². The van der Waals surface area contributed by atoms with E-state index >= 15 is 0 Å². The van der Waals surface area contributed by atoms with Gasteiger partial charge in [0.05, 0.1) is 7.11 Å². The first-order chi connectivity index (χ1) is 13.7. The molecular formula is C23H34O6. The van der Waals surface area contributed by atoms with Crippen molar-refractivity contribution in [2.24, 2.45) is 5.92 Å². The fourth-order valence-electron chi connectivity index (χ4n) is 2.90. The van der Waals surface area contributed by atoms with Crippen LogP contribution in [0.2, 0.25) is 0 Å². The van der Waals surface area contributed by atoms with Crippen LogP contribution in [0.15, 0.2) is 30.3 Å². The molecule has 1 aromatic carbocycles. The first kappa shape index (κ1) is 24.7. The highest BCUT2D eigenvalue weighted by molar-refractivity contribution is 5.73. The first-order valence-electron chi connectivity index (χ1n) is 10.2. The van der Waals surface area contributed by atoms with Gasteiger partial charge >= 0.3 is 17.9 Å². The zero-order valence-corrected chi connectivity index (χ0v) is 18.1. The minimum absolute atomic E-state index is 0.132. The Morgan fingerprint density at radius 3 is 2.17 bits per heavy atom. The molecule has 0 unspecified atom stereocenters. The average molecular weight is 407 g/mol. The van der Waals surface area contributed by atoms with Crippen molar-refractivity contribution in [3.8, 4) is 0 Å². The molecule has 0 N–H and O–H groups in total. The van der Waals surface area contributed by atoms with Gasteiger partial charge in [0.2, 0.25) is 0 Å². The molecule has 1 rings (SSSR count). The van der Waals surface area contributed by atoms with Crippen LogP contribution in [0.5, 0.6) is 0 Å². The molecule has 0 radical (unpaired) electrons. The maximum absolute atomic E-state index is 12.2. The minimum Gasteiger partial charge on any atom is -0.469 e. The van der Waals surface area contributed by atoms with Gasteiger partial charge in [-0.15, -0.1) is 0 Å². The van der Waals surface area contributed by atoms with E-state index < -0.39 is 5.60 Å². The molecule has 0 saturated heterocycles. The second-order valence-electron chi connectivity index (χ2n) is 8.18. The fraction of sp³-hybridized carbons (Fsp3) is 0.609. The molecule has 0 saturated carbocycles. The Morgan fingerprint density at radius 2 is 1.55 bits per heavy atom. The zero-order valence-electron chi connectivity index (χ0n) is 18.1. The summed E-state index contributed by atoms with van der Waals surface area (Å²) in [5.74, 6) is -0.989. The van der Waals surface area contributed by atoms with E-state index in [9.17, 15) is 14.4 Å². The number of ether oxygens (including phenoxy) is 3. The number of esters is 3. The zero-order chi connectivity index (χ0) is 21.7. The van der Waals surface area contributed by atoms with E-state index in [1.807, 2.05) is 51.1 Å². The third kappa shape index (κ3) is 12.7. The van der Waals surface area contributed by atoms with E-state index in [0.717, 1.165) is 24.8 Å². The summed E-state index contributed by atoms with van der Waals surface area (Å²) in [6.45, 7) is 5.76. The normalized spacial score (nSPS) is 12.1. The number of carbonyl (C=O) groups is 3. The van der Waals surface area contributed by atoms with Crippen molar-refractivity contribution in [1.82, 2.24) is 0 Å². The molecular weight excluding hydrogens is 372 g/mol. The van der Waals surface area contributed by atoms with E-state index in [-0.39, 0.29) is 43.3 Å². The molecule has 0 aromatic heterocycles. The Labute approximate surface area is 173 Å². The number of methoxy groups -OCH3 is 1. The number of hydrogen-bond acceptors (Lipinski definition) is 6. The minimum atomic E-state index is -0.469. The molecule has 6 heteroatoms. The molecule has 29 heavy (non-hydrogen) atoms. The summed E-state index contributed by atoms with van der Waals surface area (Å²) in [5.41, 5.74) is 0.454. The Morgan fingerprint density at radius 1 is 0.897 bits per heavy atom. The molecule has 6 nitrogen and oxygen atoms in total. The van der Waals surface area contributed by atoms with Gasteiger partial charge in [0, 0.05) is 19.3 Å². The van der Waals surface area contributed by atoms with Crippen LogP contribution >= 0.6 is 0 Å². The lowest BCUT2D eigenvalue weighted by molar-refractivity contribution is -0.155. The summed E-state index contributed by atoms with van der Waals surface area (Å²) < 4.78 is 15.4. The van der Waals surface area contributed by atoms with Crippen molar-refractivity contribution in [2.45, 2.75) is 77.9 Å². The Kier molecular flexibility index (Phi) is 11.0. The van der Waals surface area contributed by atoms with Crippen LogP contribution in [0.3, 0.4) is 0 Å². The largest absolute Gasteiger partial charge is 0.469 e. The van der Waals surface area contributed by atoms with Gasteiger partial charge in [-0.25, -0.2) is 0 Å². The summed E-state index contributed by atoms with van der Waals surface area (Å²) >= 11 is 0. The monoisotopic (exact) mass is 406 g/mol. The van der Waals surface area contributed by atoms with E-state index in [2.05, 4.69) is 0 Å². The van der Waals surface area contributed by atoms with Gasteiger partial charge in [-0.2, -0.15) is 0 Å². The van der Waals surface area contributed by atoms with Crippen molar-refractivity contribution < 1.29 is 28.6 Å². The van der Waals surface area contributed by atoms with E-state index in [1.54, 1.807) is 0 Å². The quantitative estimate of drug-likeness (QED) is 0.287. The lowest BCUT2D eigenvalue weighted by Gasteiger charge is -2.19. The van der Waals surface area contributed by atoms with Crippen molar-refractivity contribution in [2.75, 3.05) is 7.11 Å². The number of carbonyl (C=O) groups excluding carboxylic acids is 3. The molecule has 0 amide bonds.